The van der Waals surface area contributed by atoms with Crippen molar-refractivity contribution < 1.29 is 9.18 Å². The predicted octanol–water partition coefficient (Wildman–Crippen LogP) is 3.28. The minimum absolute atomic E-state index is 0.0131. The number of anilines is 1. The lowest BCUT2D eigenvalue weighted by atomic mass is 9.96. The molecule has 0 spiro atoms. The van der Waals surface area contributed by atoms with Gasteiger partial charge in [0.2, 0.25) is 5.91 Å². The van der Waals surface area contributed by atoms with Gasteiger partial charge in [-0.15, -0.1) is 0 Å². The first-order chi connectivity index (χ1) is 10.1. The molecule has 0 saturated heterocycles. The Bertz CT molecular complexity index is 717. The summed E-state index contributed by atoms with van der Waals surface area (Å²) in [6.45, 7) is 0. The Labute approximate surface area is 127 Å². The Morgan fingerprint density at radius 1 is 1.29 bits per heavy atom. The molecule has 2 aromatic rings. The van der Waals surface area contributed by atoms with Gasteiger partial charge in [-0.2, -0.15) is 0 Å². The summed E-state index contributed by atoms with van der Waals surface area (Å²) in [7, 11) is 1.77. The summed E-state index contributed by atoms with van der Waals surface area (Å²) in [6.07, 6.45) is 0.364. The van der Waals surface area contributed by atoms with Gasteiger partial charge in [0.05, 0.1) is 12.5 Å². The number of carbonyl (C=O) groups excluding carboxylic acids is 1. The van der Waals surface area contributed by atoms with E-state index in [-0.39, 0.29) is 17.8 Å². The third-order valence-electron chi connectivity index (χ3n) is 3.65. The lowest BCUT2D eigenvalue weighted by Gasteiger charge is -2.19. The van der Waals surface area contributed by atoms with Crippen molar-refractivity contribution in [2.45, 2.75) is 12.5 Å². The zero-order chi connectivity index (χ0) is 15.0. The monoisotopic (exact) mass is 304 g/mol. The molecular weight excluding hydrogens is 291 g/mol. The van der Waals surface area contributed by atoms with Crippen LogP contribution >= 0.6 is 11.6 Å². The molecule has 2 N–H and O–H groups in total. The van der Waals surface area contributed by atoms with Gasteiger partial charge in [0.1, 0.15) is 5.82 Å². The van der Waals surface area contributed by atoms with Crippen molar-refractivity contribution in [3.05, 3.63) is 63.9 Å². The van der Waals surface area contributed by atoms with E-state index in [1.807, 2.05) is 18.2 Å². The van der Waals surface area contributed by atoms with Crippen molar-refractivity contribution >= 4 is 23.2 Å². The molecule has 1 heterocycles. The largest absolute Gasteiger partial charge is 0.326 e. The minimum Gasteiger partial charge on any atom is -0.326 e. The molecule has 21 heavy (non-hydrogen) atoms. The molecular formula is C16H14ClFN2O. The highest BCUT2D eigenvalue weighted by molar-refractivity contribution is 6.30. The molecule has 1 amide bonds. The SMILES string of the molecule is CNC(c1ccc2c(c1)CC(=O)N2)c1ccc(Cl)cc1F. The summed E-state index contributed by atoms with van der Waals surface area (Å²) in [6, 6.07) is 10.0. The Kier molecular flexibility index (Phi) is 3.66. The Morgan fingerprint density at radius 3 is 2.81 bits per heavy atom. The molecule has 1 unspecified atom stereocenters. The van der Waals surface area contributed by atoms with E-state index in [0.717, 1.165) is 16.8 Å². The van der Waals surface area contributed by atoms with Crippen molar-refractivity contribution in [2.24, 2.45) is 0 Å². The predicted molar refractivity (Wildman–Crippen MR) is 81.1 cm³/mol. The van der Waals surface area contributed by atoms with E-state index in [0.29, 0.717) is 17.0 Å². The summed E-state index contributed by atoms with van der Waals surface area (Å²) in [5.41, 5.74) is 3.20. The van der Waals surface area contributed by atoms with Crippen LogP contribution in [0.4, 0.5) is 10.1 Å². The van der Waals surface area contributed by atoms with Gasteiger partial charge in [0, 0.05) is 16.3 Å². The number of nitrogens with one attached hydrogen (secondary N) is 2. The van der Waals surface area contributed by atoms with Gasteiger partial charge in [-0.05, 0) is 36.4 Å². The maximum Gasteiger partial charge on any atom is 0.228 e. The minimum atomic E-state index is -0.350. The third kappa shape index (κ3) is 2.64. The first-order valence-corrected chi connectivity index (χ1v) is 7.01. The summed E-state index contributed by atoms with van der Waals surface area (Å²) in [4.78, 5) is 11.4. The van der Waals surface area contributed by atoms with E-state index in [2.05, 4.69) is 10.6 Å². The van der Waals surface area contributed by atoms with Crippen molar-refractivity contribution in [3.8, 4) is 0 Å². The highest BCUT2D eigenvalue weighted by atomic mass is 35.5. The Balaban J connectivity index is 2.01. The number of rotatable bonds is 3. The standard InChI is InChI=1S/C16H14ClFN2O/c1-19-16(12-4-3-11(17)8-13(12)18)9-2-5-14-10(6-9)7-15(21)20-14/h2-6,8,16,19H,7H2,1H3,(H,20,21). The maximum absolute atomic E-state index is 14.1. The average Bonchev–Trinajstić information content (AvgIpc) is 2.81. The van der Waals surface area contributed by atoms with Crippen LogP contribution in [-0.2, 0) is 11.2 Å². The zero-order valence-corrected chi connectivity index (χ0v) is 12.2. The summed E-state index contributed by atoms with van der Waals surface area (Å²) < 4.78 is 14.1. The van der Waals surface area contributed by atoms with E-state index >= 15 is 0 Å². The first kappa shape index (κ1) is 14.0. The van der Waals surface area contributed by atoms with Crippen molar-refractivity contribution in [1.82, 2.24) is 5.32 Å². The number of benzene rings is 2. The molecule has 3 nitrogen and oxygen atoms in total. The lowest BCUT2D eigenvalue weighted by Crippen LogP contribution is -2.19. The van der Waals surface area contributed by atoms with Crippen LogP contribution in [0.2, 0.25) is 5.02 Å². The Morgan fingerprint density at radius 2 is 2.10 bits per heavy atom. The van der Waals surface area contributed by atoms with Crippen LogP contribution in [0.15, 0.2) is 36.4 Å². The number of amides is 1. The smallest absolute Gasteiger partial charge is 0.228 e. The number of fused-ring (bicyclic) bond motifs is 1. The second-order valence-corrected chi connectivity index (χ2v) is 5.47. The van der Waals surface area contributed by atoms with Gasteiger partial charge in [-0.1, -0.05) is 29.8 Å². The topological polar surface area (TPSA) is 41.1 Å². The highest BCUT2D eigenvalue weighted by Gasteiger charge is 2.21. The summed E-state index contributed by atoms with van der Waals surface area (Å²) >= 11 is 5.80. The van der Waals surface area contributed by atoms with Crippen LogP contribution in [0.5, 0.6) is 0 Å². The molecule has 108 valence electrons. The fourth-order valence-corrected chi connectivity index (χ4v) is 2.82. The summed E-state index contributed by atoms with van der Waals surface area (Å²) in [5.74, 6) is -0.364. The van der Waals surface area contributed by atoms with Gasteiger partial charge >= 0.3 is 0 Å². The third-order valence-corrected chi connectivity index (χ3v) is 3.89. The van der Waals surface area contributed by atoms with E-state index in [4.69, 9.17) is 11.6 Å². The lowest BCUT2D eigenvalue weighted by molar-refractivity contribution is -0.115. The highest BCUT2D eigenvalue weighted by Crippen LogP contribution is 2.30. The first-order valence-electron chi connectivity index (χ1n) is 6.63. The van der Waals surface area contributed by atoms with E-state index in [1.165, 1.54) is 6.07 Å². The van der Waals surface area contributed by atoms with Gasteiger partial charge in [0.25, 0.3) is 0 Å². The molecule has 5 heteroatoms. The molecule has 1 aliphatic heterocycles. The van der Waals surface area contributed by atoms with Gasteiger partial charge < -0.3 is 10.6 Å². The maximum atomic E-state index is 14.1. The van der Waals surface area contributed by atoms with Crippen LogP contribution in [-0.4, -0.2) is 13.0 Å². The Hall–Kier alpha value is -1.91. The molecule has 0 bridgehead atoms. The van der Waals surface area contributed by atoms with Crippen LogP contribution in [0, 0.1) is 5.82 Å². The summed E-state index contributed by atoms with van der Waals surface area (Å²) in [5, 5.41) is 6.27. The number of halogens is 2. The molecule has 1 atom stereocenters. The molecule has 2 aromatic carbocycles. The van der Waals surface area contributed by atoms with E-state index in [1.54, 1.807) is 19.2 Å². The van der Waals surface area contributed by atoms with E-state index < -0.39 is 0 Å². The molecule has 0 fully saturated rings. The molecule has 3 rings (SSSR count). The van der Waals surface area contributed by atoms with Crippen LogP contribution in [0.25, 0.3) is 0 Å². The number of hydrogen-bond donors (Lipinski definition) is 2. The second-order valence-electron chi connectivity index (χ2n) is 5.03. The fraction of sp³-hybridized carbons (Fsp3) is 0.188. The quantitative estimate of drug-likeness (QED) is 0.913. The van der Waals surface area contributed by atoms with Crippen molar-refractivity contribution in [2.75, 3.05) is 12.4 Å². The van der Waals surface area contributed by atoms with Crippen molar-refractivity contribution in [3.63, 3.8) is 0 Å². The molecule has 0 radical (unpaired) electrons. The number of hydrogen-bond acceptors (Lipinski definition) is 2. The zero-order valence-electron chi connectivity index (χ0n) is 11.4. The normalized spacial score (nSPS) is 14.7. The number of carbonyl (C=O) groups is 1. The van der Waals surface area contributed by atoms with Crippen LogP contribution < -0.4 is 10.6 Å². The molecule has 1 aliphatic rings. The molecule has 0 saturated carbocycles. The van der Waals surface area contributed by atoms with Gasteiger partial charge in [-0.25, -0.2) is 4.39 Å². The molecule has 0 aromatic heterocycles. The second kappa shape index (κ2) is 5.47. The van der Waals surface area contributed by atoms with E-state index in [9.17, 15) is 9.18 Å². The van der Waals surface area contributed by atoms with Gasteiger partial charge in [0.15, 0.2) is 0 Å². The van der Waals surface area contributed by atoms with Crippen LogP contribution in [0.3, 0.4) is 0 Å². The average molecular weight is 305 g/mol. The van der Waals surface area contributed by atoms with Crippen LogP contribution in [0.1, 0.15) is 22.7 Å². The molecule has 0 aliphatic carbocycles. The van der Waals surface area contributed by atoms with Crippen molar-refractivity contribution in [1.29, 1.82) is 0 Å². The fourth-order valence-electron chi connectivity index (χ4n) is 2.67. The van der Waals surface area contributed by atoms with Gasteiger partial charge in [-0.3, -0.25) is 4.79 Å².